The normalized spacial score (nSPS) is 20.2. The van der Waals surface area contributed by atoms with Crippen molar-refractivity contribution in [3.63, 3.8) is 0 Å². The second kappa shape index (κ2) is 3.21. The Morgan fingerprint density at radius 1 is 1.44 bits per heavy atom. The van der Waals surface area contributed by atoms with E-state index in [0.717, 1.165) is 0 Å². The molecule has 1 fully saturated rings. The fraction of sp³-hybridized carbons (Fsp3) is 0.750. The van der Waals surface area contributed by atoms with Crippen molar-refractivity contribution in [3.8, 4) is 0 Å². The molecule has 0 atom stereocenters. The Kier molecular flexibility index (Phi) is 2.52. The number of rotatable bonds is 2. The lowest BCUT2D eigenvalue weighted by Gasteiger charge is -2.23. The van der Waals surface area contributed by atoms with E-state index in [4.69, 9.17) is 0 Å². The predicted molar refractivity (Wildman–Crippen MR) is 45.6 cm³/mol. The van der Waals surface area contributed by atoms with Gasteiger partial charge in [0.1, 0.15) is 0 Å². The highest BCUT2D eigenvalue weighted by Crippen LogP contribution is 2.31. The van der Waals surface area contributed by atoms with Gasteiger partial charge < -0.3 is 0 Å². The van der Waals surface area contributed by atoms with E-state index >= 15 is 0 Å². The first-order valence-corrected chi connectivity index (χ1v) is 5.55. The molecular weight excluding hydrogens is 124 g/mol. The Labute approximate surface area is 60.2 Å². The molecule has 0 aliphatic heterocycles. The topological polar surface area (TPSA) is 0 Å². The summed E-state index contributed by atoms with van der Waals surface area (Å²) in [6, 6.07) is 0. The SMILES string of the molecule is CC(C)=C[SiH2]C1CCC1. The van der Waals surface area contributed by atoms with Crippen molar-refractivity contribution in [1.29, 1.82) is 0 Å². The van der Waals surface area contributed by atoms with Gasteiger partial charge in [0.2, 0.25) is 0 Å². The van der Waals surface area contributed by atoms with Crippen LogP contribution in [0.1, 0.15) is 33.1 Å². The lowest BCUT2D eigenvalue weighted by atomic mass is 10.00. The van der Waals surface area contributed by atoms with Gasteiger partial charge in [0.25, 0.3) is 0 Å². The fourth-order valence-corrected chi connectivity index (χ4v) is 2.98. The summed E-state index contributed by atoms with van der Waals surface area (Å²) < 4.78 is 0. The standard InChI is InChI=1S/C8H16Si/c1-7(2)6-9-8-4-3-5-8/h6,8H,3-5,9H2,1-2H3. The summed E-state index contributed by atoms with van der Waals surface area (Å²) in [5, 5.41) is 0. The molecule has 0 aromatic rings. The average Bonchev–Trinajstić information content (AvgIpc) is 1.60. The average molecular weight is 140 g/mol. The van der Waals surface area contributed by atoms with Crippen LogP contribution < -0.4 is 0 Å². The second-order valence-electron chi connectivity index (χ2n) is 3.31. The van der Waals surface area contributed by atoms with E-state index in [2.05, 4.69) is 19.5 Å². The Balaban J connectivity index is 2.10. The maximum Gasteiger partial charge on any atom is 0.0484 e. The van der Waals surface area contributed by atoms with Crippen LogP contribution >= 0.6 is 0 Å². The third-order valence-electron chi connectivity index (χ3n) is 2.08. The second-order valence-corrected chi connectivity index (χ2v) is 5.35. The largest absolute Gasteiger partial charge is 0.103 e. The molecule has 0 radical (unpaired) electrons. The van der Waals surface area contributed by atoms with Crippen LogP contribution in [0.2, 0.25) is 5.54 Å². The highest BCUT2D eigenvalue weighted by atomic mass is 28.2. The van der Waals surface area contributed by atoms with Crippen LogP contribution in [0.15, 0.2) is 11.3 Å². The first-order chi connectivity index (χ1) is 4.29. The zero-order valence-electron chi connectivity index (χ0n) is 6.48. The van der Waals surface area contributed by atoms with E-state index in [0.29, 0.717) is 0 Å². The Hall–Kier alpha value is -0.0431. The molecule has 0 N–H and O–H groups in total. The molecule has 1 aliphatic carbocycles. The minimum Gasteiger partial charge on any atom is -0.103 e. The molecule has 0 amide bonds. The predicted octanol–water partition coefficient (Wildman–Crippen LogP) is 2.05. The molecule has 1 rings (SSSR count). The summed E-state index contributed by atoms with van der Waals surface area (Å²) in [6.45, 7) is 4.43. The summed E-state index contributed by atoms with van der Waals surface area (Å²) in [4.78, 5) is 0. The molecule has 9 heavy (non-hydrogen) atoms. The van der Waals surface area contributed by atoms with Gasteiger partial charge in [-0.15, -0.1) is 5.70 Å². The van der Waals surface area contributed by atoms with E-state index < -0.39 is 0 Å². The summed E-state index contributed by atoms with van der Waals surface area (Å²) >= 11 is 0. The van der Waals surface area contributed by atoms with Gasteiger partial charge in [0.15, 0.2) is 0 Å². The van der Waals surface area contributed by atoms with Gasteiger partial charge in [-0.2, -0.15) is 0 Å². The zero-order chi connectivity index (χ0) is 6.69. The lowest BCUT2D eigenvalue weighted by Crippen LogP contribution is -2.10. The van der Waals surface area contributed by atoms with Gasteiger partial charge in [-0.25, -0.2) is 0 Å². The Bertz CT molecular complexity index is 108. The van der Waals surface area contributed by atoms with Crippen LogP contribution in [0.4, 0.5) is 0 Å². The summed E-state index contributed by atoms with van der Waals surface area (Å²) in [7, 11) is 0.213. The van der Waals surface area contributed by atoms with Gasteiger partial charge >= 0.3 is 0 Å². The summed E-state index contributed by atoms with van der Waals surface area (Å²) in [6.07, 6.45) is 4.58. The van der Waals surface area contributed by atoms with Crippen molar-refractivity contribution in [3.05, 3.63) is 11.3 Å². The van der Waals surface area contributed by atoms with Gasteiger partial charge in [0.05, 0.1) is 0 Å². The molecule has 0 nitrogen and oxygen atoms in total. The zero-order valence-corrected chi connectivity index (χ0v) is 7.90. The smallest absolute Gasteiger partial charge is 0.0484 e. The molecule has 0 unspecified atom stereocenters. The molecule has 1 aliphatic rings. The van der Waals surface area contributed by atoms with Crippen LogP contribution in [0.3, 0.4) is 0 Å². The van der Waals surface area contributed by atoms with E-state index in [1.165, 1.54) is 30.4 Å². The molecular formula is C8H16Si. The van der Waals surface area contributed by atoms with Crippen LogP contribution in [0, 0.1) is 0 Å². The summed E-state index contributed by atoms with van der Waals surface area (Å²) in [5.74, 6) is 0. The molecule has 0 bridgehead atoms. The molecule has 0 aromatic heterocycles. The Morgan fingerprint density at radius 3 is 2.44 bits per heavy atom. The minimum absolute atomic E-state index is 0.213. The maximum atomic E-state index is 2.50. The molecule has 1 heteroatoms. The van der Waals surface area contributed by atoms with Crippen molar-refractivity contribution in [2.75, 3.05) is 0 Å². The lowest BCUT2D eigenvalue weighted by molar-refractivity contribution is 0.500. The third-order valence-corrected chi connectivity index (χ3v) is 4.62. The van der Waals surface area contributed by atoms with Crippen LogP contribution in [-0.2, 0) is 0 Å². The van der Waals surface area contributed by atoms with Crippen LogP contribution in [-0.4, -0.2) is 9.52 Å². The first kappa shape index (κ1) is 7.07. The molecule has 0 spiro atoms. The number of hydrogen-bond donors (Lipinski definition) is 0. The first-order valence-electron chi connectivity index (χ1n) is 3.92. The summed E-state index contributed by atoms with van der Waals surface area (Å²) in [5.41, 5.74) is 5.22. The quantitative estimate of drug-likeness (QED) is 0.515. The minimum atomic E-state index is 0.213. The number of hydrogen-bond acceptors (Lipinski definition) is 0. The van der Waals surface area contributed by atoms with Crippen molar-refractivity contribution in [1.82, 2.24) is 0 Å². The van der Waals surface area contributed by atoms with Crippen molar-refractivity contribution < 1.29 is 0 Å². The van der Waals surface area contributed by atoms with Gasteiger partial charge in [-0.3, -0.25) is 0 Å². The maximum absolute atomic E-state index is 2.50. The van der Waals surface area contributed by atoms with E-state index in [1.54, 1.807) is 0 Å². The fourth-order valence-electron chi connectivity index (χ4n) is 1.13. The van der Waals surface area contributed by atoms with Crippen molar-refractivity contribution >= 4 is 9.52 Å². The van der Waals surface area contributed by atoms with E-state index in [1.807, 2.05) is 0 Å². The van der Waals surface area contributed by atoms with Gasteiger partial charge in [-0.1, -0.05) is 24.8 Å². The molecule has 0 heterocycles. The van der Waals surface area contributed by atoms with Crippen LogP contribution in [0.25, 0.3) is 0 Å². The molecule has 52 valence electrons. The molecule has 0 saturated heterocycles. The van der Waals surface area contributed by atoms with Gasteiger partial charge in [-0.05, 0) is 19.4 Å². The molecule has 1 saturated carbocycles. The van der Waals surface area contributed by atoms with Crippen LogP contribution in [0.5, 0.6) is 0 Å². The van der Waals surface area contributed by atoms with E-state index in [9.17, 15) is 0 Å². The van der Waals surface area contributed by atoms with Gasteiger partial charge in [0, 0.05) is 9.52 Å². The Morgan fingerprint density at radius 2 is 2.11 bits per heavy atom. The van der Waals surface area contributed by atoms with E-state index in [-0.39, 0.29) is 9.52 Å². The third kappa shape index (κ3) is 2.35. The van der Waals surface area contributed by atoms with Crippen molar-refractivity contribution in [2.24, 2.45) is 0 Å². The van der Waals surface area contributed by atoms with Crippen molar-refractivity contribution in [2.45, 2.75) is 38.7 Å². The number of allylic oxidation sites excluding steroid dienone is 1. The monoisotopic (exact) mass is 140 g/mol. The highest BCUT2D eigenvalue weighted by molar-refractivity contribution is 6.44. The highest BCUT2D eigenvalue weighted by Gasteiger charge is 2.15. The molecule has 0 aromatic carbocycles.